The normalized spacial score (nSPS) is 11.9. The minimum Gasteiger partial charge on any atom is -0.493 e. The number of hydrogen-bond donors (Lipinski definition) is 1. The molecule has 0 fully saturated rings. The lowest BCUT2D eigenvalue weighted by Crippen LogP contribution is -2.33. The van der Waals surface area contributed by atoms with Gasteiger partial charge in [0.05, 0.1) is 25.7 Å². The molecule has 0 saturated carbocycles. The van der Waals surface area contributed by atoms with Gasteiger partial charge in [-0.2, -0.15) is 0 Å². The Hall–Kier alpha value is -2.15. The third kappa shape index (κ3) is 5.17. The van der Waals surface area contributed by atoms with Crippen LogP contribution in [0.1, 0.15) is 31.7 Å². The fourth-order valence-corrected chi connectivity index (χ4v) is 3.15. The summed E-state index contributed by atoms with van der Waals surface area (Å²) in [5.74, 6) is 3.64. The van der Waals surface area contributed by atoms with Crippen LogP contribution in [-0.4, -0.2) is 36.9 Å². The topological polar surface area (TPSA) is 73.6 Å². The molecule has 1 aromatic carbocycles. The number of ether oxygens (including phenoxy) is 2. The lowest BCUT2D eigenvalue weighted by Gasteiger charge is -2.10. The molecule has 1 atom stereocenters. The lowest BCUT2D eigenvalue weighted by atomic mass is 10.2. The fourth-order valence-electron chi connectivity index (χ4n) is 2.31. The summed E-state index contributed by atoms with van der Waals surface area (Å²) in [6.07, 6.45) is 0.924. The van der Waals surface area contributed by atoms with Gasteiger partial charge in [-0.05, 0) is 38.5 Å². The number of methoxy groups -OCH3 is 2. The molecule has 0 aliphatic heterocycles. The average Bonchev–Trinajstić information content (AvgIpc) is 3.01. The van der Waals surface area contributed by atoms with Gasteiger partial charge >= 0.3 is 0 Å². The van der Waals surface area contributed by atoms with Gasteiger partial charge in [0.2, 0.25) is 11.8 Å². The molecule has 0 bridgehead atoms. The largest absolute Gasteiger partial charge is 0.493 e. The highest BCUT2D eigenvalue weighted by Gasteiger charge is 2.15. The van der Waals surface area contributed by atoms with Gasteiger partial charge in [-0.3, -0.25) is 4.79 Å². The first-order valence-corrected chi connectivity index (χ1v) is 9.69. The molecular formula is C19H26N2O4S. The smallest absolute Gasteiger partial charge is 0.230 e. The van der Waals surface area contributed by atoms with Crippen LogP contribution in [0.25, 0.3) is 11.5 Å². The lowest BCUT2D eigenvalue weighted by molar-refractivity contribution is -0.119. The number of rotatable bonds is 9. The fraction of sp³-hybridized carbons (Fsp3) is 0.474. The Morgan fingerprint density at radius 2 is 2.04 bits per heavy atom. The molecule has 1 heterocycles. The number of benzene rings is 1. The number of hydrogen-bond acceptors (Lipinski definition) is 6. The van der Waals surface area contributed by atoms with E-state index in [4.69, 9.17) is 13.9 Å². The molecule has 7 heteroatoms. The maximum absolute atomic E-state index is 11.8. The molecule has 2 rings (SSSR count). The summed E-state index contributed by atoms with van der Waals surface area (Å²) in [6, 6.07) is 5.74. The van der Waals surface area contributed by atoms with Gasteiger partial charge in [0.1, 0.15) is 5.76 Å². The van der Waals surface area contributed by atoms with E-state index in [2.05, 4.69) is 10.3 Å². The number of oxazole rings is 1. The Kier molecular flexibility index (Phi) is 7.38. The Labute approximate surface area is 158 Å². The molecule has 0 aliphatic rings. The van der Waals surface area contributed by atoms with Crippen LogP contribution in [0.5, 0.6) is 11.5 Å². The second kappa shape index (κ2) is 9.52. The zero-order valence-corrected chi connectivity index (χ0v) is 16.7. The van der Waals surface area contributed by atoms with Crippen LogP contribution in [0.2, 0.25) is 0 Å². The van der Waals surface area contributed by atoms with E-state index < -0.39 is 0 Å². The first kappa shape index (κ1) is 20.2. The monoisotopic (exact) mass is 378 g/mol. The maximum atomic E-state index is 11.8. The van der Waals surface area contributed by atoms with E-state index in [1.807, 2.05) is 39.0 Å². The van der Waals surface area contributed by atoms with Crippen molar-refractivity contribution in [3.05, 3.63) is 29.7 Å². The van der Waals surface area contributed by atoms with Crippen molar-refractivity contribution >= 4 is 17.7 Å². The molecule has 26 heavy (non-hydrogen) atoms. The van der Waals surface area contributed by atoms with Crippen molar-refractivity contribution in [1.82, 2.24) is 10.3 Å². The van der Waals surface area contributed by atoms with Gasteiger partial charge in [-0.1, -0.05) is 6.92 Å². The Balaban J connectivity index is 2.02. The molecule has 1 N–H and O–H groups in total. The zero-order valence-electron chi connectivity index (χ0n) is 15.9. The van der Waals surface area contributed by atoms with Crippen molar-refractivity contribution < 1.29 is 18.7 Å². The van der Waals surface area contributed by atoms with Crippen LogP contribution in [0.3, 0.4) is 0 Å². The molecule has 0 unspecified atom stereocenters. The van der Waals surface area contributed by atoms with E-state index in [-0.39, 0.29) is 11.9 Å². The molecule has 6 nitrogen and oxygen atoms in total. The number of nitrogens with zero attached hydrogens (tertiary/aromatic N) is 1. The molecule has 0 aliphatic carbocycles. The SMILES string of the molecule is CC[C@@H](C)NC(=O)CSCc1nc(-c2ccc(OC)c(OC)c2)oc1C. The van der Waals surface area contributed by atoms with Gasteiger partial charge in [-0.25, -0.2) is 4.98 Å². The minimum atomic E-state index is 0.0469. The summed E-state index contributed by atoms with van der Waals surface area (Å²) in [4.78, 5) is 16.4. The molecule has 1 aromatic heterocycles. The molecule has 1 amide bonds. The molecule has 0 spiro atoms. The number of aryl methyl sites for hydroxylation is 1. The van der Waals surface area contributed by atoms with Crippen LogP contribution < -0.4 is 14.8 Å². The first-order chi connectivity index (χ1) is 12.5. The van der Waals surface area contributed by atoms with Crippen LogP contribution in [0.4, 0.5) is 0 Å². The summed E-state index contributed by atoms with van der Waals surface area (Å²) in [7, 11) is 3.19. The van der Waals surface area contributed by atoms with Crippen molar-refractivity contribution in [2.24, 2.45) is 0 Å². The number of carbonyl (C=O) groups excluding carboxylic acids is 1. The maximum Gasteiger partial charge on any atom is 0.230 e. The minimum absolute atomic E-state index is 0.0469. The van der Waals surface area contributed by atoms with Gasteiger partial charge in [-0.15, -0.1) is 11.8 Å². The van der Waals surface area contributed by atoms with Gasteiger partial charge in [0, 0.05) is 17.4 Å². The van der Waals surface area contributed by atoms with E-state index in [1.165, 1.54) is 11.8 Å². The van der Waals surface area contributed by atoms with Crippen molar-refractivity contribution in [1.29, 1.82) is 0 Å². The molecule has 2 aromatic rings. The Bertz CT molecular complexity index is 745. The van der Waals surface area contributed by atoms with Crippen LogP contribution in [0.15, 0.2) is 22.6 Å². The molecule has 0 saturated heterocycles. The van der Waals surface area contributed by atoms with Crippen LogP contribution >= 0.6 is 11.8 Å². The number of amides is 1. The number of aromatic nitrogens is 1. The quantitative estimate of drug-likeness (QED) is 0.715. The highest BCUT2D eigenvalue weighted by Crippen LogP contribution is 2.33. The van der Waals surface area contributed by atoms with Crippen molar-refractivity contribution in [2.75, 3.05) is 20.0 Å². The summed E-state index contributed by atoms with van der Waals surface area (Å²) in [5, 5.41) is 2.96. The summed E-state index contributed by atoms with van der Waals surface area (Å²) < 4.78 is 16.4. The van der Waals surface area contributed by atoms with Crippen molar-refractivity contribution in [3.63, 3.8) is 0 Å². The number of carbonyl (C=O) groups is 1. The van der Waals surface area contributed by atoms with Crippen molar-refractivity contribution in [3.8, 4) is 23.0 Å². The Morgan fingerprint density at radius 3 is 2.69 bits per heavy atom. The Morgan fingerprint density at radius 1 is 1.31 bits per heavy atom. The van der Waals surface area contributed by atoms with E-state index in [1.54, 1.807) is 14.2 Å². The van der Waals surface area contributed by atoms with Crippen LogP contribution in [-0.2, 0) is 10.5 Å². The second-order valence-electron chi connectivity index (χ2n) is 5.96. The predicted octanol–water partition coefficient (Wildman–Crippen LogP) is 3.82. The first-order valence-electron chi connectivity index (χ1n) is 8.54. The van der Waals surface area contributed by atoms with E-state index >= 15 is 0 Å². The highest BCUT2D eigenvalue weighted by atomic mass is 32.2. The van der Waals surface area contributed by atoms with Crippen LogP contribution in [0, 0.1) is 6.92 Å². The van der Waals surface area contributed by atoms with Gasteiger partial charge in [0.25, 0.3) is 0 Å². The summed E-state index contributed by atoms with van der Waals surface area (Å²) >= 11 is 1.52. The average molecular weight is 378 g/mol. The van der Waals surface area contributed by atoms with Crippen molar-refractivity contribution in [2.45, 2.75) is 39.0 Å². The third-order valence-corrected chi connectivity index (χ3v) is 4.96. The second-order valence-corrected chi connectivity index (χ2v) is 6.95. The highest BCUT2D eigenvalue weighted by molar-refractivity contribution is 7.99. The number of nitrogens with one attached hydrogen (secondary N) is 1. The van der Waals surface area contributed by atoms with Gasteiger partial charge < -0.3 is 19.2 Å². The van der Waals surface area contributed by atoms with E-state index in [0.717, 1.165) is 23.4 Å². The van der Waals surface area contributed by atoms with E-state index in [0.29, 0.717) is 28.9 Å². The predicted molar refractivity (Wildman–Crippen MR) is 104 cm³/mol. The summed E-state index contributed by atoms with van der Waals surface area (Å²) in [6.45, 7) is 5.93. The zero-order chi connectivity index (χ0) is 19.1. The standard InChI is InChI=1S/C19H26N2O4S/c1-6-12(2)20-18(22)11-26-10-15-13(3)25-19(21-15)14-7-8-16(23-4)17(9-14)24-5/h7-9,12H,6,10-11H2,1-5H3,(H,20,22)/t12-/m1/s1. The summed E-state index contributed by atoms with van der Waals surface area (Å²) in [5.41, 5.74) is 1.66. The van der Waals surface area contributed by atoms with Gasteiger partial charge in [0.15, 0.2) is 11.5 Å². The molecule has 142 valence electrons. The third-order valence-electron chi connectivity index (χ3n) is 4.01. The number of thioether (sulfide) groups is 1. The van der Waals surface area contributed by atoms with E-state index in [9.17, 15) is 4.79 Å². The molecule has 0 radical (unpaired) electrons. The molecular weight excluding hydrogens is 352 g/mol.